The van der Waals surface area contributed by atoms with E-state index in [1.54, 1.807) is 24.3 Å². The van der Waals surface area contributed by atoms with Crippen molar-refractivity contribution in [2.75, 3.05) is 11.3 Å². The average Bonchev–Trinajstić information content (AvgIpc) is 3.10. The number of nitrogens with one attached hydrogen (secondary N) is 2. The molecule has 49 heavy (non-hydrogen) atoms. The van der Waals surface area contributed by atoms with Crippen molar-refractivity contribution < 1.29 is 27.1 Å². The lowest BCUT2D eigenvalue weighted by Crippen LogP contribution is -2.51. The molecule has 0 aromatic heterocycles. The van der Waals surface area contributed by atoms with Gasteiger partial charge in [-0.15, -0.1) is 0 Å². The van der Waals surface area contributed by atoms with Crippen molar-refractivity contribution in [3.8, 4) is 5.75 Å². The van der Waals surface area contributed by atoms with Crippen LogP contribution in [0.5, 0.6) is 5.75 Å². The molecule has 0 aliphatic rings. The second-order valence-electron chi connectivity index (χ2n) is 11.4. The van der Waals surface area contributed by atoms with Gasteiger partial charge in [0.2, 0.25) is 5.91 Å². The Morgan fingerprint density at radius 2 is 1.43 bits per heavy atom. The third-order valence-electron chi connectivity index (χ3n) is 7.72. The van der Waals surface area contributed by atoms with Crippen molar-refractivity contribution in [2.24, 2.45) is 0 Å². The molecule has 5 rings (SSSR count). The molecule has 5 aromatic carbocycles. The van der Waals surface area contributed by atoms with Crippen molar-refractivity contribution in [3.05, 3.63) is 160 Å². The summed E-state index contributed by atoms with van der Waals surface area (Å²) in [4.78, 5) is 29.3. The molecule has 0 radical (unpaired) electrons. The molecule has 11 heteroatoms. The van der Waals surface area contributed by atoms with Gasteiger partial charge in [-0.05, 0) is 84.3 Å². The molecule has 252 valence electrons. The monoisotopic (exact) mass is 699 g/mol. The lowest BCUT2D eigenvalue weighted by molar-refractivity contribution is -0.142. The van der Waals surface area contributed by atoms with Gasteiger partial charge in [-0.2, -0.15) is 0 Å². The molecule has 1 atom stereocenters. The third-order valence-corrected chi connectivity index (χ3v) is 9.37. The Morgan fingerprint density at radius 3 is 2.08 bits per heavy atom. The van der Waals surface area contributed by atoms with Gasteiger partial charge in [0.05, 0.1) is 4.90 Å². The highest BCUT2D eigenvalue weighted by atomic mass is 35.5. The minimum Gasteiger partial charge on any atom is -0.484 e. The highest BCUT2D eigenvalue weighted by Crippen LogP contribution is 2.21. The number of carbonyl (C=O) groups excluding carboxylic acids is 2. The molecule has 5 aromatic rings. The molecule has 0 saturated heterocycles. The molecule has 0 spiro atoms. The maximum absolute atomic E-state index is 14.0. The Hall–Kier alpha value is -5.19. The zero-order valence-electron chi connectivity index (χ0n) is 26.7. The standard InChI is InChI=1S/C38H35ClFN3O5S/c1-27-7-9-29(10-8-27)24-41-38(45)36(23-28-5-3-2-4-6-28)43(25-30-11-13-31(39)14-12-30)37(44)26-48-34-19-21-35(22-20-34)49(46,47)42-33-17-15-32(40)16-18-33/h2-22,36,42H,23-26H2,1H3,(H,41,45)/t36-/m1/s1. The summed E-state index contributed by atoms with van der Waals surface area (Å²) in [5.74, 6) is -1.00. The highest BCUT2D eigenvalue weighted by Gasteiger charge is 2.31. The molecule has 0 unspecified atom stereocenters. The number of nitrogens with zero attached hydrogens (tertiary/aromatic N) is 1. The van der Waals surface area contributed by atoms with Crippen molar-refractivity contribution in [3.63, 3.8) is 0 Å². The minimum absolute atomic E-state index is 0.0481. The van der Waals surface area contributed by atoms with Crippen LogP contribution in [0.25, 0.3) is 0 Å². The van der Waals surface area contributed by atoms with Crippen LogP contribution in [0.1, 0.15) is 22.3 Å². The van der Waals surface area contributed by atoms with Gasteiger partial charge in [-0.1, -0.05) is 83.9 Å². The zero-order chi connectivity index (χ0) is 34.8. The first-order valence-electron chi connectivity index (χ1n) is 15.5. The summed E-state index contributed by atoms with van der Waals surface area (Å²) in [6.07, 6.45) is 0.257. The van der Waals surface area contributed by atoms with Crippen LogP contribution in [-0.4, -0.2) is 37.8 Å². The van der Waals surface area contributed by atoms with Crippen LogP contribution in [0.3, 0.4) is 0 Å². The second-order valence-corrected chi connectivity index (χ2v) is 13.5. The van der Waals surface area contributed by atoms with Crippen LogP contribution in [0, 0.1) is 12.7 Å². The first-order valence-corrected chi connectivity index (χ1v) is 17.3. The first kappa shape index (κ1) is 35.1. The summed E-state index contributed by atoms with van der Waals surface area (Å²) in [6.45, 7) is 1.98. The zero-order valence-corrected chi connectivity index (χ0v) is 28.3. The lowest BCUT2D eigenvalue weighted by Gasteiger charge is -2.31. The summed E-state index contributed by atoms with van der Waals surface area (Å²) in [5, 5.41) is 3.55. The first-order chi connectivity index (χ1) is 23.6. The smallest absolute Gasteiger partial charge is 0.261 e. The van der Waals surface area contributed by atoms with Crippen molar-refractivity contribution in [1.82, 2.24) is 10.2 Å². The lowest BCUT2D eigenvalue weighted by atomic mass is 10.0. The molecule has 2 amide bonds. The average molecular weight is 700 g/mol. The van der Waals surface area contributed by atoms with Gasteiger partial charge < -0.3 is 15.0 Å². The second kappa shape index (κ2) is 16.3. The van der Waals surface area contributed by atoms with E-state index < -0.39 is 34.4 Å². The molecular formula is C38H35ClFN3O5S. The highest BCUT2D eigenvalue weighted by molar-refractivity contribution is 7.92. The van der Waals surface area contributed by atoms with E-state index >= 15 is 0 Å². The predicted octanol–water partition coefficient (Wildman–Crippen LogP) is 6.92. The molecule has 8 nitrogen and oxygen atoms in total. The van der Waals surface area contributed by atoms with Crippen molar-refractivity contribution in [1.29, 1.82) is 0 Å². The number of halogens is 2. The number of hydrogen-bond donors (Lipinski definition) is 2. The maximum atomic E-state index is 14.0. The van der Waals surface area contributed by atoms with Gasteiger partial charge in [-0.3, -0.25) is 14.3 Å². The number of hydrogen-bond acceptors (Lipinski definition) is 5. The van der Waals surface area contributed by atoms with E-state index in [2.05, 4.69) is 10.0 Å². The van der Waals surface area contributed by atoms with E-state index in [9.17, 15) is 22.4 Å². The van der Waals surface area contributed by atoms with Gasteiger partial charge in [0.25, 0.3) is 15.9 Å². The van der Waals surface area contributed by atoms with Gasteiger partial charge >= 0.3 is 0 Å². The summed E-state index contributed by atoms with van der Waals surface area (Å²) in [7, 11) is -3.96. The maximum Gasteiger partial charge on any atom is 0.261 e. The fourth-order valence-electron chi connectivity index (χ4n) is 5.03. The van der Waals surface area contributed by atoms with E-state index in [1.165, 1.54) is 41.3 Å². The van der Waals surface area contributed by atoms with Crippen molar-refractivity contribution in [2.45, 2.75) is 37.4 Å². The molecule has 0 bridgehead atoms. The molecule has 0 aliphatic heterocycles. The molecule has 0 aliphatic carbocycles. The number of sulfonamides is 1. The number of amides is 2. The van der Waals surface area contributed by atoms with Crippen LogP contribution in [0.15, 0.2) is 132 Å². The van der Waals surface area contributed by atoms with Gasteiger partial charge in [-0.25, -0.2) is 12.8 Å². The Kier molecular flexibility index (Phi) is 11.7. The van der Waals surface area contributed by atoms with E-state index in [0.29, 0.717) is 5.02 Å². The fourth-order valence-corrected chi connectivity index (χ4v) is 6.21. The van der Waals surface area contributed by atoms with E-state index in [4.69, 9.17) is 16.3 Å². The van der Waals surface area contributed by atoms with Crippen LogP contribution in [-0.2, 0) is 39.1 Å². The molecule has 0 fully saturated rings. The minimum atomic E-state index is -3.96. The van der Waals surface area contributed by atoms with Crippen LogP contribution < -0.4 is 14.8 Å². The summed E-state index contributed by atoms with van der Waals surface area (Å²) < 4.78 is 47.1. The number of aryl methyl sites for hydroxylation is 1. The Bertz CT molecular complexity index is 1960. The topological polar surface area (TPSA) is 105 Å². The number of carbonyl (C=O) groups is 2. The fraction of sp³-hybridized carbons (Fsp3) is 0.158. The Labute approximate surface area is 290 Å². The molecule has 0 saturated carbocycles. The number of benzene rings is 5. The summed E-state index contributed by atoms with van der Waals surface area (Å²) in [6, 6.07) is 33.9. The van der Waals surface area contributed by atoms with Crippen LogP contribution in [0.4, 0.5) is 10.1 Å². The van der Waals surface area contributed by atoms with Crippen LogP contribution in [0.2, 0.25) is 5.02 Å². The summed E-state index contributed by atoms with van der Waals surface area (Å²) >= 11 is 6.12. The third kappa shape index (κ3) is 10.2. The normalized spacial score (nSPS) is 11.7. The van der Waals surface area contributed by atoms with Gasteiger partial charge in [0.1, 0.15) is 17.6 Å². The van der Waals surface area contributed by atoms with Gasteiger partial charge in [0.15, 0.2) is 6.61 Å². The molecular weight excluding hydrogens is 665 g/mol. The van der Waals surface area contributed by atoms with Gasteiger partial charge in [0, 0.05) is 30.2 Å². The van der Waals surface area contributed by atoms with Crippen molar-refractivity contribution >= 4 is 39.1 Å². The molecule has 0 heterocycles. The van der Waals surface area contributed by atoms with E-state index in [1.807, 2.05) is 61.5 Å². The summed E-state index contributed by atoms with van der Waals surface area (Å²) in [5.41, 5.74) is 3.88. The van der Waals surface area contributed by atoms with Crippen LogP contribution >= 0.6 is 11.6 Å². The number of rotatable bonds is 14. The Morgan fingerprint density at radius 1 is 0.796 bits per heavy atom. The quantitative estimate of drug-likeness (QED) is 0.131. The van der Waals surface area contributed by atoms with E-state index in [-0.39, 0.29) is 41.7 Å². The predicted molar refractivity (Wildman–Crippen MR) is 188 cm³/mol. The molecule has 2 N–H and O–H groups in total. The number of ether oxygens (including phenoxy) is 1. The van der Waals surface area contributed by atoms with E-state index in [0.717, 1.165) is 34.4 Å². The Balaban J connectivity index is 1.34. The largest absolute Gasteiger partial charge is 0.484 e. The number of anilines is 1. The SMILES string of the molecule is Cc1ccc(CNC(=O)[C@@H](Cc2ccccc2)N(Cc2ccc(Cl)cc2)C(=O)COc2ccc(S(=O)(=O)Nc3ccc(F)cc3)cc2)cc1.